The molecule has 3 aromatic rings. The minimum atomic E-state index is -1.47. The molecule has 0 radical (unpaired) electrons. The van der Waals surface area contributed by atoms with E-state index in [9.17, 15) is 10.3 Å². The number of carbonyl (C=O) groups excluding carboxylic acids is 1. The molecular weight excluding hydrogens is 538 g/mol. The van der Waals surface area contributed by atoms with Gasteiger partial charge < -0.3 is 29.4 Å². The van der Waals surface area contributed by atoms with Crippen molar-refractivity contribution in [3.63, 3.8) is 0 Å². The van der Waals surface area contributed by atoms with Gasteiger partial charge in [-0.05, 0) is 35.9 Å². The predicted octanol–water partition coefficient (Wildman–Crippen LogP) is 5.56. The summed E-state index contributed by atoms with van der Waals surface area (Å²) in [6.45, 7) is 4.45. The van der Waals surface area contributed by atoms with Crippen molar-refractivity contribution >= 4 is 17.5 Å². The van der Waals surface area contributed by atoms with Crippen LogP contribution in [0.5, 0.6) is 17.2 Å². The van der Waals surface area contributed by atoms with Gasteiger partial charge in [0.1, 0.15) is 5.75 Å². The highest BCUT2D eigenvalue weighted by Gasteiger charge is 2.53. The van der Waals surface area contributed by atoms with E-state index in [0.717, 1.165) is 0 Å². The lowest BCUT2D eigenvalue weighted by Gasteiger charge is -2.30. The molecule has 42 heavy (non-hydrogen) atoms. The van der Waals surface area contributed by atoms with E-state index in [1.807, 2.05) is 12.1 Å². The van der Waals surface area contributed by atoms with Gasteiger partial charge in [0.15, 0.2) is 23.1 Å². The van der Waals surface area contributed by atoms with Crippen molar-refractivity contribution < 1.29 is 28.8 Å². The molecule has 0 bridgehead atoms. The van der Waals surface area contributed by atoms with Crippen LogP contribution in [-0.4, -0.2) is 49.9 Å². The molecule has 11 nitrogen and oxygen atoms in total. The van der Waals surface area contributed by atoms with Gasteiger partial charge in [0.2, 0.25) is 5.90 Å². The number of benzene rings is 3. The predicted molar refractivity (Wildman–Crippen MR) is 158 cm³/mol. The molecule has 0 unspecified atom stereocenters. The molecule has 1 aliphatic rings. The Balaban J connectivity index is 1.74. The van der Waals surface area contributed by atoms with Crippen LogP contribution < -0.4 is 19.5 Å². The first-order valence-corrected chi connectivity index (χ1v) is 13.3. The second-order valence-electron chi connectivity index (χ2n) is 9.37. The van der Waals surface area contributed by atoms with E-state index in [1.165, 1.54) is 7.11 Å². The van der Waals surface area contributed by atoms with Crippen LogP contribution in [0.25, 0.3) is 10.4 Å². The van der Waals surface area contributed by atoms with Crippen LogP contribution in [0.2, 0.25) is 0 Å². The first-order chi connectivity index (χ1) is 20.5. The number of methoxy groups -OCH3 is 2. The minimum absolute atomic E-state index is 0.0412. The summed E-state index contributed by atoms with van der Waals surface area (Å²) in [7, 11) is 3.08. The zero-order valence-corrected chi connectivity index (χ0v) is 23.5. The minimum Gasteiger partial charge on any atom is -0.494 e. The van der Waals surface area contributed by atoms with Gasteiger partial charge in [-0.25, -0.2) is 4.99 Å². The Hall–Kier alpha value is -4.99. The number of rotatable bonds is 14. The first-order valence-electron chi connectivity index (χ1n) is 13.3. The third-order valence-corrected chi connectivity index (χ3v) is 6.78. The number of carbonyl (C=O) groups is 1. The zero-order chi connectivity index (χ0) is 30.0. The van der Waals surface area contributed by atoms with Crippen molar-refractivity contribution in [3.05, 3.63) is 107 Å². The number of azide groups is 1. The van der Waals surface area contributed by atoms with Gasteiger partial charge in [-0.1, -0.05) is 47.6 Å². The average Bonchev–Trinajstić information content (AvgIpc) is 3.41. The smallest absolute Gasteiger partial charge is 0.252 e. The van der Waals surface area contributed by atoms with Crippen LogP contribution in [0.1, 0.15) is 35.6 Å². The number of amides is 1. The highest BCUT2D eigenvalue weighted by atomic mass is 16.5. The molecule has 1 amide bonds. The summed E-state index contributed by atoms with van der Waals surface area (Å²) in [5.41, 5.74) is 9.91. The van der Waals surface area contributed by atoms with E-state index >= 15 is 0 Å². The Labute approximate surface area is 244 Å². The van der Waals surface area contributed by atoms with Gasteiger partial charge in [-0.15, -0.1) is 6.58 Å². The molecule has 0 fully saturated rings. The van der Waals surface area contributed by atoms with Gasteiger partial charge in [0.25, 0.3) is 5.91 Å². The summed E-state index contributed by atoms with van der Waals surface area (Å²) in [5, 5.41) is 15.8. The van der Waals surface area contributed by atoms with Gasteiger partial charge >= 0.3 is 0 Å². The SMILES string of the molecule is C=CC[C@@]1(C(=O)NCc2cccc(OC)c2OC)N=C(c2ccc(OCCCO)cc2)O[C@@H]1c1ccccc1N=[N+]=[N-]. The largest absolute Gasteiger partial charge is 0.494 e. The molecule has 11 heteroatoms. The average molecular weight is 572 g/mol. The Morgan fingerprint density at radius 2 is 1.95 bits per heavy atom. The van der Waals surface area contributed by atoms with E-state index in [1.54, 1.807) is 67.8 Å². The maximum absolute atomic E-state index is 14.2. The van der Waals surface area contributed by atoms with Crippen LogP contribution in [0.4, 0.5) is 5.69 Å². The number of aliphatic hydroxyl groups is 1. The molecular formula is C31H33N5O6. The van der Waals surface area contributed by atoms with Crippen molar-refractivity contribution in [3.8, 4) is 17.2 Å². The van der Waals surface area contributed by atoms with E-state index < -0.39 is 17.6 Å². The standard InChI is InChI=1S/C31H33N5O6/c1-4-17-31(30(38)33-20-22-9-7-12-26(39-2)27(22)40-3)28(24-10-5-6-11-25(24)35-36-32)42-29(34-31)21-13-15-23(16-14-21)41-19-8-18-37/h4-7,9-16,28,37H,1,8,17-20H2,2-3H3,(H,33,38)/t28-,31-/m1/s1. The third-order valence-electron chi connectivity index (χ3n) is 6.78. The molecule has 1 aliphatic heterocycles. The number of hydrogen-bond donors (Lipinski definition) is 2. The first kappa shape index (κ1) is 30.0. The number of aliphatic hydroxyl groups excluding tert-OH is 1. The number of hydrogen-bond acceptors (Lipinski definition) is 8. The lowest BCUT2D eigenvalue weighted by molar-refractivity contribution is -0.129. The lowest BCUT2D eigenvalue weighted by atomic mass is 9.83. The quantitative estimate of drug-likeness (QED) is 0.0852. The zero-order valence-electron chi connectivity index (χ0n) is 23.5. The van der Waals surface area contributed by atoms with Crippen LogP contribution in [0.15, 0.2) is 89.5 Å². The number of nitrogens with one attached hydrogen (secondary N) is 1. The molecule has 3 aromatic carbocycles. The van der Waals surface area contributed by atoms with Crippen molar-refractivity contribution in [1.82, 2.24) is 5.32 Å². The van der Waals surface area contributed by atoms with Crippen molar-refractivity contribution in [1.29, 1.82) is 0 Å². The molecule has 0 aromatic heterocycles. The summed E-state index contributed by atoms with van der Waals surface area (Å²) < 4.78 is 23.0. The molecule has 0 saturated heterocycles. The van der Waals surface area contributed by atoms with Crippen molar-refractivity contribution in [2.75, 3.05) is 27.4 Å². The molecule has 0 saturated carbocycles. The van der Waals surface area contributed by atoms with E-state index in [4.69, 9.17) is 29.0 Å². The Morgan fingerprint density at radius 1 is 1.17 bits per heavy atom. The Morgan fingerprint density at radius 3 is 2.64 bits per heavy atom. The topological polar surface area (TPSA) is 147 Å². The molecule has 1 heterocycles. The summed E-state index contributed by atoms with van der Waals surface area (Å²) in [5.74, 6) is 1.51. The molecule has 218 valence electrons. The maximum Gasteiger partial charge on any atom is 0.252 e. The summed E-state index contributed by atoms with van der Waals surface area (Å²) in [6, 6.07) is 19.5. The van der Waals surface area contributed by atoms with Gasteiger partial charge in [-0.3, -0.25) is 4.79 Å². The van der Waals surface area contributed by atoms with Crippen LogP contribution in [0, 0.1) is 0 Å². The fourth-order valence-corrected chi connectivity index (χ4v) is 4.78. The van der Waals surface area contributed by atoms with Crippen LogP contribution in [-0.2, 0) is 16.1 Å². The van der Waals surface area contributed by atoms with Gasteiger partial charge in [-0.2, -0.15) is 0 Å². The Bertz CT molecular complexity index is 1490. The van der Waals surface area contributed by atoms with E-state index in [0.29, 0.717) is 52.7 Å². The number of nitrogens with zero attached hydrogens (tertiary/aromatic N) is 4. The van der Waals surface area contributed by atoms with E-state index in [-0.39, 0.29) is 25.5 Å². The highest BCUT2D eigenvalue weighted by Crippen LogP contribution is 2.45. The maximum atomic E-state index is 14.2. The van der Waals surface area contributed by atoms with Gasteiger partial charge in [0.05, 0.1) is 20.8 Å². The normalized spacial score (nSPS) is 17.3. The molecule has 2 N–H and O–H groups in total. The van der Waals surface area contributed by atoms with E-state index in [2.05, 4.69) is 21.9 Å². The second kappa shape index (κ2) is 14.1. The number of aliphatic imine (C=N–C) groups is 1. The summed E-state index contributed by atoms with van der Waals surface area (Å²) >= 11 is 0. The van der Waals surface area contributed by atoms with Crippen LogP contribution >= 0.6 is 0 Å². The lowest BCUT2D eigenvalue weighted by Crippen LogP contribution is -2.47. The monoisotopic (exact) mass is 571 g/mol. The second-order valence-corrected chi connectivity index (χ2v) is 9.37. The van der Waals surface area contributed by atoms with Crippen molar-refractivity contribution in [2.45, 2.75) is 31.0 Å². The van der Waals surface area contributed by atoms with Crippen LogP contribution in [0.3, 0.4) is 0 Å². The highest BCUT2D eigenvalue weighted by molar-refractivity contribution is 6.01. The summed E-state index contributed by atoms with van der Waals surface area (Å²) in [4.78, 5) is 22.0. The molecule has 0 spiro atoms. The number of para-hydroxylation sites is 1. The number of ether oxygens (including phenoxy) is 4. The summed E-state index contributed by atoms with van der Waals surface area (Å²) in [6.07, 6.45) is 1.34. The molecule has 4 rings (SSSR count). The van der Waals surface area contributed by atoms with Crippen molar-refractivity contribution in [2.24, 2.45) is 10.1 Å². The molecule has 2 atom stereocenters. The fraction of sp³-hybridized carbons (Fsp3) is 0.290. The molecule has 0 aliphatic carbocycles. The Kier molecular flexibility index (Phi) is 10.0. The van der Waals surface area contributed by atoms with Gasteiger partial charge in [0, 0.05) is 53.3 Å². The fourth-order valence-electron chi connectivity index (χ4n) is 4.78. The third kappa shape index (κ3) is 6.33.